The normalized spacial score (nSPS) is 13.1. The molecule has 2 aromatic rings. The minimum Gasteiger partial charge on any atom is -0.493 e. The summed E-state index contributed by atoms with van der Waals surface area (Å²) in [5, 5.41) is 3.48. The van der Waals surface area contributed by atoms with Crippen molar-refractivity contribution in [3.05, 3.63) is 57.6 Å². The standard InChI is InChI=1S/C18H20BrNO/c1-12(2)13-3-5-17(6-4-13)20-11-15-10-16(19)9-14-7-8-21-18(14)15/h3-6,9-10,12,20H,7-8,11H2,1-2H3. The number of fused-ring (bicyclic) bond motifs is 1. The van der Waals surface area contributed by atoms with Crippen LogP contribution in [0.2, 0.25) is 0 Å². The minimum absolute atomic E-state index is 0.570. The molecule has 3 heteroatoms. The number of anilines is 1. The van der Waals surface area contributed by atoms with Crippen LogP contribution in [0.25, 0.3) is 0 Å². The summed E-state index contributed by atoms with van der Waals surface area (Å²) in [7, 11) is 0. The van der Waals surface area contributed by atoms with E-state index in [2.05, 4.69) is 71.5 Å². The zero-order valence-corrected chi connectivity index (χ0v) is 14.0. The van der Waals surface area contributed by atoms with Crippen LogP contribution < -0.4 is 10.1 Å². The molecule has 0 atom stereocenters. The molecule has 0 aliphatic carbocycles. The number of ether oxygens (including phenoxy) is 1. The lowest BCUT2D eigenvalue weighted by Gasteiger charge is -2.12. The van der Waals surface area contributed by atoms with Gasteiger partial charge in [0.2, 0.25) is 0 Å². The highest BCUT2D eigenvalue weighted by Gasteiger charge is 2.17. The Morgan fingerprint density at radius 2 is 1.95 bits per heavy atom. The van der Waals surface area contributed by atoms with Gasteiger partial charge in [0, 0.05) is 28.7 Å². The maximum Gasteiger partial charge on any atom is 0.127 e. The summed E-state index contributed by atoms with van der Waals surface area (Å²) >= 11 is 3.58. The van der Waals surface area contributed by atoms with Gasteiger partial charge in [0.25, 0.3) is 0 Å². The van der Waals surface area contributed by atoms with Crippen molar-refractivity contribution >= 4 is 21.6 Å². The average Bonchev–Trinajstić information content (AvgIpc) is 2.93. The van der Waals surface area contributed by atoms with Crippen LogP contribution >= 0.6 is 15.9 Å². The third-order valence-corrected chi connectivity index (χ3v) is 4.34. The van der Waals surface area contributed by atoms with Gasteiger partial charge in [0.15, 0.2) is 0 Å². The van der Waals surface area contributed by atoms with E-state index in [9.17, 15) is 0 Å². The smallest absolute Gasteiger partial charge is 0.127 e. The molecule has 0 saturated carbocycles. The zero-order valence-electron chi connectivity index (χ0n) is 12.4. The highest BCUT2D eigenvalue weighted by atomic mass is 79.9. The molecule has 1 aliphatic heterocycles. The Morgan fingerprint density at radius 3 is 2.67 bits per heavy atom. The molecule has 0 amide bonds. The van der Waals surface area contributed by atoms with Gasteiger partial charge in [-0.2, -0.15) is 0 Å². The molecule has 2 aromatic carbocycles. The molecule has 3 rings (SSSR count). The molecule has 1 aliphatic rings. The lowest BCUT2D eigenvalue weighted by molar-refractivity contribution is 0.354. The molecule has 110 valence electrons. The first-order chi connectivity index (χ1) is 10.1. The number of rotatable bonds is 4. The zero-order chi connectivity index (χ0) is 14.8. The lowest BCUT2D eigenvalue weighted by Crippen LogP contribution is -2.02. The van der Waals surface area contributed by atoms with Crippen molar-refractivity contribution in [1.82, 2.24) is 0 Å². The largest absolute Gasteiger partial charge is 0.493 e. The van der Waals surface area contributed by atoms with Crippen molar-refractivity contribution in [1.29, 1.82) is 0 Å². The highest BCUT2D eigenvalue weighted by molar-refractivity contribution is 9.10. The Kier molecular flexibility index (Phi) is 4.20. The highest BCUT2D eigenvalue weighted by Crippen LogP contribution is 2.33. The molecule has 1 N–H and O–H groups in total. The number of hydrogen-bond acceptors (Lipinski definition) is 2. The Balaban J connectivity index is 1.73. The van der Waals surface area contributed by atoms with Crippen molar-refractivity contribution in [2.75, 3.05) is 11.9 Å². The van der Waals surface area contributed by atoms with E-state index in [1.807, 2.05) is 0 Å². The van der Waals surface area contributed by atoms with Gasteiger partial charge in [0.05, 0.1) is 6.61 Å². The van der Waals surface area contributed by atoms with Crippen LogP contribution in [0.3, 0.4) is 0 Å². The van der Waals surface area contributed by atoms with Crippen molar-refractivity contribution in [2.45, 2.75) is 32.7 Å². The maximum atomic E-state index is 5.76. The number of hydrogen-bond donors (Lipinski definition) is 1. The number of halogens is 1. The fourth-order valence-corrected chi connectivity index (χ4v) is 3.21. The van der Waals surface area contributed by atoms with E-state index in [0.717, 1.165) is 35.5 Å². The third-order valence-electron chi connectivity index (χ3n) is 3.89. The van der Waals surface area contributed by atoms with Crippen LogP contribution in [-0.2, 0) is 13.0 Å². The fraction of sp³-hybridized carbons (Fsp3) is 0.333. The van der Waals surface area contributed by atoms with Gasteiger partial charge in [-0.25, -0.2) is 0 Å². The second-order valence-corrected chi connectivity index (χ2v) is 6.70. The average molecular weight is 346 g/mol. The Hall–Kier alpha value is -1.48. The summed E-state index contributed by atoms with van der Waals surface area (Å²) in [6.45, 7) is 6.00. The Bertz CT molecular complexity index is 634. The Labute approximate surface area is 134 Å². The van der Waals surface area contributed by atoms with Crippen molar-refractivity contribution in [3.63, 3.8) is 0 Å². The number of benzene rings is 2. The summed E-state index contributed by atoms with van der Waals surface area (Å²) in [5.74, 6) is 1.63. The summed E-state index contributed by atoms with van der Waals surface area (Å²) in [6.07, 6.45) is 1.00. The van der Waals surface area contributed by atoms with Gasteiger partial charge < -0.3 is 10.1 Å². The van der Waals surface area contributed by atoms with Gasteiger partial charge in [-0.3, -0.25) is 0 Å². The van der Waals surface area contributed by atoms with E-state index < -0.39 is 0 Å². The molecular weight excluding hydrogens is 326 g/mol. The first kappa shape index (κ1) is 14.5. The second-order valence-electron chi connectivity index (χ2n) is 5.78. The van der Waals surface area contributed by atoms with Gasteiger partial charge in [-0.1, -0.05) is 41.9 Å². The topological polar surface area (TPSA) is 21.3 Å². The third kappa shape index (κ3) is 3.24. The van der Waals surface area contributed by atoms with E-state index in [0.29, 0.717) is 5.92 Å². The van der Waals surface area contributed by atoms with Crippen molar-refractivity contribution < 1.29 is 4.74 Å². The van der Waals surface area contributed by atoms with Crippen LogP contribution in [0.15, 0.2) is 40.9 Å². The molecule has 0 aromatic heterocycles. The fourth-order valence-electron chi connectivity index (χ4n) is 2.66. The monoisotopic (exact) mass is 345 g/mol. The quantitative estimate of drug-likeness (QED) is 0.830. The van der Waals surface area contributed by atoms with E-state index in [1.54, 1.807) is 0 Å². The van der Waals surface area contributed by atoms with Gasteiger partial charge in [-0.05, 0) is 41.3 Å². The van der Waals surface area contributed by atoms with E-state index in [-0.39, 0.29) is 0 Å². The van der Waals surface area contributed by atoms with Crippen LogP contribution in [0, 0.1) is 0 Å². The summed E-state index contributed by atoms with van der Waals surface area (Å²) in [5.41, 5.74) is 5.03. The van der Waals surface area contributed by atoms with Crippen LogP contribution in [-0.4, -0.2) is 6.61 Å². The molecule has 0 spiro atoms. The molecular formula is C18H20BrNO. The predicted octanol–water partition coefficient (Wildman–Crippen LogP) is 5.12. The molecule has 21 heavy (non-hydrogen) atoms. The molecule has 0 bridgehead atoms. The first-order valence-electron chi connectivity index (χ1n) is 7.41. The maximum absolute atomic E-state index is 5.76. The molecule has 2 nitrogen and oxygen atoms in total. The second kappa shape index (κ2) is 6.10. The first-order valence-corrected chi connectivity index (χ1v) is 8.20. The van der Waals surface area contributed by atoms with E-state index >= 15 is 0 Å². The number of nitrogens with one attached hydrogen (secondary N) is 1. The van der Waals surface area contributed by atoms with Crippen molar-refractivity contribution in [2.24, 2.45) is 0 Å². The predicted molar refractivity (Wildman–Crippen MR) is 91.2 cm³/mol. The SMILES string of the molecule is CC(C)c1ccc(NCc2cc(Br)cc3c2OCC3)cc1. The molecule has 0 saturated heterocycles. The molecule has 1 heterocycles. The lowest BCUT2D eigenvalue weighted by atomic mass is 10.0. The summed E-state index contributed by atoms with van der Waals surface area (Å²) < 4.78 is 6.89. The molecule has 0 fully saturated rings. The minimum atomic E-state index is 0.570. The summed E-state index contributed by atoms with van der Waals surface area (Å²) in [6, 6.07) is 13.0. The Morgan fingerprint density at radius 1 is 1.19 bits per heavy atom. The van der Waals surface area contributed by atoms with Crippen molar-refractivity contribution in [3.8, 4) is 5.75 Å². The molecule has 0 radical (unpaired) electrons. The van der Waals surface area contributed by atoms with Gasteiger partial charge in [-0.15, -0.1) is 0 Å². The van der Waals surface area contributed by atoms with Crippen LogP contribution in [0.5, 0.6) is 5.75 Å². The van der Waals surface area contributed by atoms with E-state index in [1.165, 1.54) is 16.7 Å². The molecule has 0 unspecified atom stereocenters. The van der Waals surface area contributed by atoms with Gasteiger partial charge in [0.1, 0.15) is 5.75 Å². The van der Waals surface area contributed by atoms with E-state index in [4.69, 9.17) is 4.74 Å². The van der Waals surface area contributed by atoms with Crippen LogP contribution in [0.4, 0.5) is 5.69 Å². The van der Waals surface area contributed by atoms with Gasteiger partial charge >= 0.3 is 0 Å². The summed E-state index contributed by atoms with van der Waals surface area (Å²) in [4.78, 5) is 0. The van der Waals surface area contributed by atoms with Crippen LogP contribution in [0.1, 0.15) is 36.5 Å².